The van der Waals surface area contributed by atoms with Crippen molar-refractivity contribution < 1.29 is 0 Å². The number of anilines is 1. The van der Waals surface area contributed by atoms with Gasteiger partial charge in [0.1, 0.15) is 5.82 Å². The first-order valence-electron chi connectivity index (χ1n) is 3.57. The van der Waals surface area contributed by atoms with E-state index in [1.54, 1.807) is 18.7 Å². The number of aromatic amines is 1. The summed E-state index contributed by atoms with van der Waals surface area (Å²) in [7, 11) is 0. The fraction of sp³-hybridized carbons (Fsp3) is 0. The Morgan fingerprint density at radius 3 is 3.00 bits per heavy atom. The fourth-order valence-corrected chi connectivity index (χ4v) is 1.05. The quantitative estimate of drug-likeness (QED) is 0.655. The maximum absolute atomic E-state index is 5.65. The zero-order valence-electron chi connectivity index (χ0n) is 6.36. The van der Waals surface area contributed by atoms with Crippen LogP contribution in [0.15, 0.2) is 30.9 Å². The highest BCUT2D eigenvalue weighted by Crippen LogP contribution is 2.19. The number of pyridine rings is 1. The van der Waals surface area contributed by atoms with Gasteiger partial charge < -0.3 is 10.7 Å². The average molecular weight is 160 g/mol. The summed E-state index contributed by atoms with van der Waals surface area (Å²) in [6.07, 6.45) is 4.99. The van der Waals surface area contributed by atoms with Crippen molar-refractivity contribution in [3.63, 3.8) is 0 Å². The fourth-order valence-electron chi connectivity index (χ4n) is 1.05. The van der Waals surface area contributed by atoms with Crippen LogP contribution < -0.4 is 5.73 Å². The van der Waals surface area contributed by atoms with Crippen molar-refractivity contribution in [1.82, 2.24) is 15.0 Å². The molecule has 0 saturated carbocycles. The number of aromatic nitrogens is 3. The third-order valence-corrected chi connectivity index (χ3v) is 1.63. The minimum absolute atomic E-state index is 0.516. The lowest BCUT2D eigenvalue weighted by Gasteiger charge is -1.99. The molecule has 0 fully saturated rings. The van der Waals surface area contributed by atoms with Crippen molar-refractivity contribution in [2.45, 2.75) is 0 Å². The zero-order valence-corrected chi connectivity index (χ0v) is 6.36. The first kappa shape index (κ1) is 6.84. The Bertz CT molecular complexity index is 366. The summed E-state index contributed by atoms with van der Waals surface area (Å²) in [5.74, 6) is 0.516. The van der Waals surface area contributed by atoms with Crippen LogP contribution in [-0.2, 0) is 0 Å². The predicted octanol–water partition coefficient (Wildman–Crippen LogP) is 1.05. The molecule has 2 aromatic heterocycles. The van der Waals surface area contributed by atoms with Crippen LogP contribution in [0.25, 0.3) is 11.3 Å². The van der Waals surface area contributed by atoms with Gasteiger partial charge in [0, 0.05) is 11.8 Å². The number of nitrogens with one attached hydrogen (secondary N) is 1. The maximum atomic E-state index is 5.65. The number of hydrogen-bond donors (Lipinski definition) is 2. The van der Waals surface area contributed by atoms with Gasteiger partial charge in [0.25, 0.3) is 0 Å². The van der Waals surface area contributed by atoms with Crippen LogP contribution in [0.4, 0.5) is 5.82 Å². The third kappa shape index (κ3) is 1.03. The van der Waals surface area contributed by atoms with Crippen LogP contribution >= 0.6 is 0 Å². The molecule has 0 radical (unpaired) electrons. The first-order chi connectivity index (χ1) is 5.88. The number of imidazole rings is 1. The molecule has 0 spiro atoms. The van der Waals surface area contributed by atoms with E-state index in [9.17, 15) is 0 Å². The Labute approximate surface area is 69.5 Å². The Hall–Kier alpha value is -1.84. The van der Waals surface area contributed by atoms with Gasteiger partial charge in [-0.25, -0.2) is 9.97 Å². The molecule has 12 heavy (non-hydrogen) atoms. The molecule has 4 heteroatoms. The summed E-state index contributed by atoms with van der Waals surface area (Å²) in [5, 5.41) is 0. The van der Waals surface area contributed by atoms with E-state index in [1.165, 1.54) is 0 Å². The van der Waals surface area contributed by atoms with E-state index in [1.807, 2.05) is 12.1 Å². The summed E-state index contributed by atoms with van der Waals surface area (Å²) >= 11 is 0. The van der Waals surface area contributed by atoms with Gasteiger partial charge in [0.05, 0.1) is 18.2 Å². The molecule has 2 rings (SSSR count). The number of nitrogen functional groups attached to an aromatic ring is 1. The number of hydrogen-bond acceptors (Lipinski definition) is 3. The number of nitrogens with two attached hydrogens (primary N) is 1. The largest absolute Gasteiger partial charge is 0.383 e. The van der Waals surface area contributed by atoms with E-state index >= 15 is 0 Å². The smallest absolute Gasteiger partial charge is 0.132 e. The monoisotopic (exact) mass is 160 g/mol. The molecule has 2 heterocycles. The molecule has 4 nitrogen and oxygen atoms in total. The highest BCUT2D eigenvalue weighted by molar-refractivity contribution is 5.69. The van der Waals surface area contributed by atoms with Gasteiger partial charge in [-0.15, -0.1) is 0 Å². The van der Waals surface area contributed by atoms with Crippen molar-refractivity contribution in [3.8, 4) is 11.3 Å². The molecule has 0 atom stereocenters. The third-order valence-electron chi connectivity index (χ3n) is 1.63. The molecule has 0 bridgehead atoms. The van der Waals surface area contributed by atoms with Gasteiger partial charge >= 0.3 is 0 Å². The highest BCUT2D eigenvalue weighted by atomic mass is 14.9. The molecule has 0 aliphatic carbocycles. The molecule has 3 N–H and O–H groups in total. The molecule has 2 aromatic rings. The molecular formula is C8H8N4. The number of rotatable bonds is 1. The topological polar surface area (TPSA) is 67.6 Å². The second-order valence-corrected chi connectivity index (χ2v) is 2.40. The molecular weight excluding hydrogens is 152 g/mol. The van der Waals surface area contributed by atoms with Crippen LogP contribution in [0.5, 0.6) is 0 Å². The first-order valence-corrected chi connectivity index (χ1v) is 3.57. The van der Waals surface area contributed by atoms with Crippen LogP contribution in [0.3, 0.4) is 0 Å². The van der Waals surface area contributed by atoms with Crippen molar-refractivity contribution in [3.05, 3.63) is 30.9 Å². The maximum Gasteiger partial charge on any atom is 0.132 e. The molecule has 0 unspecified atom stereocenters. The normalized spacial score (nSPS) is 10.0. The van der Waals surface area contributed by atoms with Crippen molar-refractivity contribution in [2.24, 2.45) is 0 Å². The lowest BCUT2D eigenvalue weighted by molar-refractivity contribution is 1.30. The molecule has 60 valence electrons. The summed E-state index contributed by atoms with van der Waals surface area (Å²) in [5.41, 5.74) is 7.43. The van der Waals surface area contributed by atoms with Crippen LogP contribution in [-0.4, -0.2) is 15.0 Å². The van der Waals surface area contributed by atoms with Gasteiger partial charge in [-0.3, -0.25) is 0 Å². The summed E-state index contributed by atoms with van der Waals surface area (Å²) in [6.45, 7) is 0. The van der Waals surface area contributed by atoms with Crippen LogP contribution in [0, 0.1) is 0 Å². The van der Waals surface area contributed by atoms with E-state index in [4.69, 9.17) is 5.73 Å². The second-order valence-electron chi connectivity index (χ2n) is 2.40. The average Bonchev–Trinajstić information content (AvgIpc) is 2.57. The number of nitrogens with zero attached hydrogens (tertiary/aromatic N) is 2. The standard InChI is InChI=1S/C8H8N4/c9-8-6(2-1-3-11-8)7-4-10-5-12-7/h1-5H,(H2,9,11)(H,10,12). The molecule has 0 aromatic carbocycles. The summed E-state index contributed by atoms with van der Waals surface area (Å²) < 4.78 is 0. The van der Waals surface area contributed by atoms with E-state index in [0.717, 1.165) is 11.3 Å². The second kappa shape index (κ2) is 2.65. The highest BCUT2D eigenvalue weighted by Gasteiger charge is 2.01. The van der Waals surface area contributed by atoms with Gasteiger partial charge in [-0.2, -0.15) is 0 Å². The van der Waals surface area contributed by atoms with Crippen LogP contribution in [0.2, 0.25) is 0 Å². The van der Waals surface area contributed by atoms with E-state index in [-0.39, 0.29) is 0 Å². The Kier molecular flexibility index (Phi) is 1.51. The zero-order chi connectivity index (χ0) is 8.39. The van der Waals surface area contributed by atoms with Crippen molar-refractivity contribution in [2.75, 3.05) is 5.73 Å². The Morgan fingerprint density at radius 1 is 1.42 bits per heavy atom. The van der Waals surface area contributed by atoms with Gasteiger partial charge in [0.2, 0.25) is 0 Å². The van der Waals surface area contributed by atoms with Crippen molar-refractivity contribution >= 4 is 5.82 Å². The lowest BCUT2D eigenvalue weighted by Crippen LogP contribution is -1.92. The van der Waals surface area contributed by atoms with Gasteiger partial charge in [-0.05, 0) is 12.1 Å². The lowest BCUT2D eigenvalue weighted by atomic mass is 10.2. The van der Waals surface area contributed by atoms with Gasteiger partial charge in [-0.1, -0.05) is 0 Å². The van der Waals surface area contributed by atoms with E-state index in [2.05, 4.69) is 15.0 Å². The van der Waals surface area contributed by atoms with Gasteiger partial charge in [0.15, 0.2) is 0 Å². The molecule has 0 aliphatic heterocycles. The molecule has 0 aliphatic rings. The molecule has 0 saturated heterocycles. The van der Waals surface area contributed by atoms with Crippen molar-refractivity contribution in [1.29, 1.82) is 0 Å². The SMILES string of the molecule is Nc1ncccc1-c1cnc[nH]1. The Morgan fingerprint density at radius 2 is 2.33 bits per heavy atom. The molecule has 0 amide bonds. The number of H-pyrrole nitrogens is 1. The Balaban J connectivity index is 2.55. The minimum atomic E-state index is 0.516. The van der Waals surface area contributed by atoms with Crippen LogP contribution in [0.1, 0.15) is 0 Å². The minimum Gasteiger partial charge on any atom is -0.383 e. The van der Waals surface area contributed by atoms with E-state index in [0.29, 0.717) is 5.82 Å². The summed E-state index contributed by atoms with van der Waals surface area (Å²) in [4.78, 5) is 10.8. The predicted molar refractivity (Wildman–Crippen MR) is 46.2 cm³/mol. The van der Waals surface area contributed by atoms with E-state index < -0.39 is 0 Å². The summed E-state index contributed by atoms with van der Waals surface area (Å²) in [6, 6.07) is 3.74.